The van der Waals surface area contributed by atoms with Crippen LogP contribution in [0.3, 0.4) is 0 Å². The summed E-state index contributed by atoms with van der Waals surface area (Å²) in [6.45, 7) is 13.4. The second-order valence-electron chi connectivity index (χ2n) is 3.97. The molecule has 0 rings (SSSR count). The van der Waals surface area contributed by atoms with Gasteiger partial charge in [0.15, 0.2) is 0 Å². The van der Waals surface area contributed by atoms with Gasteiger partial charge in [-0.3, -0.25) is 0 Å². The molecule has 1 atom stereocenters. The Morgan fingerprint density at radius 3 is 1.93 bits per heavy atom. The molecule has 0 fully saturated rings. The lowest BCUT2D eigenvalue weighted by Crippen LogP contribution is -2.50. The van der Waals surface area contributed by atoms with Gasteiger partial charge in [-0.15, -0.1) is 0 Å². The molecule has 0 saturated carbocycles. The van der Waals surface area contributed by atoms with E-state index in [-0.39, 0.29) is 6.17 Å². The second-order valence-corrected chi connectivity index (χ2v) is 3.97. The molecule has 0 aromatic rings. The zero-order valence-electron chi connectivity index (χ0n) is 10.3. The van der Waals surface area contributed by atoms with Crippen LogP contribution in [0.5, 0.6) is 0 Å². The maximum absolute atomic E-state index is 4.12. The largest absolute Gasteiger partial charge is 0.237 e. The van der Waals surface area contributed by atoms with Gasteiger partial charge in [0.25, 0.3) is 0 Å². The van der Waals surface area contributed by atoms with Gasteiger partial charge in [-0.25, -0.2) is 10.4 Å². The van der Waals surface area contributed by atoms with Gasteiger partial charge in [0.1, 0.15) is 6.17 Å². The first-order valence-electron chi connectivity index (χ1n) is 5.40. The molecule has 0 aliphatic rings. The molecule has 0 saturated heterocycles. The van der Waals surface area contributed by atoms with Crippen LogP contribution in [0, 0.1) is 0 Å². The van der Waals surface area contributed by atoms with E-state index in [4.69, 9.17) is 0 Å². The van der Waals surface area contributed by atoms with Crippen molar-refractivity contribution in [2.45, 2.75) is 59.8 Å². The highest BCUT2D eigenvalue weighted by molar-refractivity contribution is 4.65. The Balaban J connectivity index is 4.09. The molecular weight excluding hydrogens is 176 g/mol. The van der Waals surface area contributed by atoms with Gasteiger partial charge in [0, 0.05) is 12.1 Å². The van der Waals surface area contributed by atoms with Crippen molar-refractivity contribution in [2.24, 2.45) is 10.2 Å². The third kappa shape index (κ3) is 5.29. The predicted molar refractivity (Wildman–Crippen MR) is 60.1 cm³/mol. The third-order valence-electron chi connectivity index (χ3n) is 1.84. The molecule has 0 aliphatic carbocycles. The van der Waals surface area contributed by atoms with Crippen LogP contribution in [0.15, 0.2) is 10.2 Å². The topological polar surface area (TPSA) is 40.0 Å². The van der Waals surface area contributed by atoms with Gasteiger partial charge < -0.3 is 0 Å². The van der Waals surface area contributed by atoms with Crippen LogP contribution < -0.4 is 5.43 Å². The van der Waals surface area contributed by atoms with E-state index in [9.17, 15) is 0 Å². The van der Waals surface area contributed by atoms with Crippen LogP contribution >= 0.6 is 0 Å². The van der Waals surface area contributed by atoms with Gasteiger partial charge in [-0.05, 0) is 41.5 Å². The van der Waals surface area contributed by atoms with Gasteiger partial charge in [-0.1, -0.05) is 0 Å². The minimum atomic E-state index is 0.0553. The van der Waals surface area contributed by atoms with E-state index in [0.717, 1.165) is 6.54 Å². The molecule has 0 aliphatic heterocycles. The molecule has 1 N–H and O–H groups in total. The average molecular weight is 200 g/mol. The minimum Gasteiger partial charge on any atom is -0.237 e. The number of hydrogen-bond acceptors (Lipinski definition) is 4. The Kier molecular flexibility index (Phi) is 6.66. The first-order chi connectivity index (χ1) is 6.49. The molecule has 0 amide bonds. The SMILES string of the molecule is CCN=N[C@@H](C)NN(C(C)C)C(C)C. The van der Waals surface area contributed by atoms with E-state index in [2.05, 4.69) is 48.4 Å². The van der Waals surface area contributed by atoms with Crippen molar-refractivity contribution >= 4 is 0 Å². The van der Waals surface area contributed by atoms with Crippen molar-refractivity contribution < 1.29 is 0 Å². The molecule has 0 radical (unpaired) electrons. The Bertz CT molecular complexity index is 158. The first-order valence-corrected chi connectivity index (χ1v) is 5.40. The zero-order chi connectivity index (χ0) is 11.1. The molecule has 0 unspecified atom stereocenters. The Morgan fingerprint density at radius 1 is 1.07 bits per heavy atom. The summed E-state index contributed by atoms with van der Waals surface area (Å²) in [7, 11) is 0. The van der Waals surface area contributed by atoms with E-state index in [1.165, 1.54) is 0 Å². The third-order valence-corrected chi connectivity index (χ3v) is 1.84. The molecule has 0 heterocycles. The number of nitrogens with zero attached hydrogens (tertiary/aromatic N) is 3. The Labute approximate surface area is 87.8 Å². The first kappa shape index (κ1) is 13.5. The molecule has 0 aromatic carbocycles. The maximum Gasteiger partial charge on any atom is 0.130 e. The van der Waals surface area contributed by atoms with Crippen molar-refractivity contribution in [2.75, 3.05) is 6.54 Å². The number of hydrogen-bond donors (Lipinski definition) is 1. The van der Waals surface area contributed by atoms with Crippen LogP contribution in [0.4, 0.5) is 0 Å². The van der Waals surface area contributed by atoms with Crippen LogP contribution in [-0.2, 0) is 0 Å². The van der Waals surface area contributed by atoms with Crippen LogP contribution in [0.25, 0.3) is 0 Å². The second kappa shape index (κ2) is 6.90. The number of nitrogens with one attached hydrogen (secondary N) is 1. The van der Waals surface area contributed by atoms with Gasteiger partial charge in [-0.2, -0.15) is 10.2 Å². The molecule has 84 valence electrons. The highest BCUT2D eigenvalue weighted by Crippen LogP contribution is 2.02. The lowest BCUT2D eigenvalue weighted by molar-refractivity contribution is 0.0842. The summed E-state index contributed by atoms with van der Waals surface area (Å²) in [5.74, 6) is 0. The zero-order valence-corrected chi connectivity index (χ0v) is 10.3. The van der Waals surface area contributed by atoms with Crippen LogP contribution in [-0.4, -0.2) is 29.8 Å². The van der Waals surface area contributed by atoms with Crippen molar-refractivity contribution in [3.8, 4) is 0 Å². The average Bonchev–Trinajstić information content (AvgIpc) is 2.09. The summed E-state index contributed by atoms with van der Waals surface area (Å²) in [4.78, 5) is 0. The fourth-order valence-corrected chi connectivity index (χ4v) is 1.34. The quantitative estimate of drug-likeness (QED) is 0.528. The van der Waals surface area contributed by atoms with Crippen molar-refractivity contribution in [1.82, 2.24) is 10.4 Å². The summed E-state index contributed by atoms with van der Waals surface area (Å²) in [6.07, 6.45) is 0.0553. The van der Waals surface area contributed by atoms with E-state index < -0.39 is 0 Å². The minimum absolute atomic E-state index is 0.0553. The van der Waals surface area contributed by atoms with Crippen LogP contribution in [0.2, 0.25) is 0 Å². The monoisotopic (exact) mass is 200 g/mol. The highest BCUT2D eigenvalue weighted by Gasteiger charge is 2.14. The molecule has 4 heteroatoms. The lowest BCUT2D eigenvalue weighted by Gasteiger charge is -2.32. The number of rotatable bonds is 6. The van der Waals surface area contributed by atoms with Gasteiger partial charge in [0.2, 0.25) is 0 Å². The smallest absolute Gasteiger partial charge is 0.130 e. The molecular formula is C10H24N4. The van der Waals surface area contributed by atoms with Crippen LogP contribution in [0.1, 0.15) is 41.5 Å². The Hall–Kier alpha value is -0.480. The standard InChI is InChI=1S/C10H24N4/c1-7-11-12-10(6)13-14(8(2)3)9(4)5/h8-10,13H,7H2,1-6H3/t10-/m1/s1. The van der Waals surface area contributed by atoms with Gasteiger partial charge in [0.05, 0.1) is 6.54 Å². The van der Waals surface area contributed by atoms with Crippen molar-refractivity contribution in [3.63, 3.8) is 0 Å². The highest BCUT2D eigenvalue weighted by atomic mass is 15.6. The normalized spacial score (nSPS) is 14.9. The maximum atomic E-state index is 4.12. The molecule has 0 aromatic heterocycles. The van der Waals surface area contributed by atoms with E-state index in [1.54, 1.807) is 0 Å². The van der Waals surface area contributed by atoms with Crippen molar-refractivity contribution in [3.05, 3.63) is 0 Å². The van der Waals surface area contributed by atoms with E-state index in [0.29, 0.717) is 12.1 Å². The Morgan fingerprint density at radius 2 is 1.57 bits per heavy atom. The fraction of sp³-hybridized carbons (Fsp3) is 1.00. The molecule has 0 spiro atoms. The summed E-state index contributed by atoms with van der Waals surface area (Å²) < 4.78 is 0. The summed E-state index contributed by atoms with van der Waals surface area (Å²) >= 11 is 0. The summed E-state index contributed by atoms with van der Waals surface area (Å²) in [5, 5.41) is 10.3. The van der Waals surface area contributed by atoms with E-state index in [1.807, 2.05) is 13.8 Å². The van der Waals surface area contributed by atoms with E-state index >= 15 is 0 Å². The molecule has 0 bridgehead atoms. The predicted octanol–water partition coefficient (Wildman–Crippen LogP) is 2.43. The summed E-state index contributed by atoms with van der Waals surface area (Å²) in [5.41, 5.74) is 3.32. The molecule has 14 heavy (non-hydrogen) atoms. The number of azo groups is 1. The lowest BCUT2D eigenvalue weighted by atomic mass is 10.3. The van der Waals surface area contributed by atoms with Gasteiger partial charge >= 0.3 is 0 Å². The number of hydrazine groups is 1. The summed E-state index contributed by atoms with van der Waals surface area (Å²) in [6, 6.07) is 0.934. The molecule has 4 nitrogen and oxygen atoms in total. The van der Waals surface area contributed by atoms with Crippen molar-refractivity contribution in [1.29, 1.82) is 0 Å². The fourth-order valence-electron chi connectivity index (χ4n) is 1.34.